The molecule has 1 aliphatic heterocycles. The molecule has 0 saturated heterocycles. The summed E-state index contributed by atoms with van der Waals surface area (Å²) in [6.07, 6.45) is 2.24. The predicted octanol–water partition coefficient (Wildman–Crippen LogP) is 3.11. The zero-order valence-electron chi connectivity index (χ0n) is 16.4. The molecular weight excluding hydrogens is 354 g/mol. The van der Waals surface area contributed by atoms with E-state index in [9.17, 15) is 9.59 Å². The number of ether oxygens (including phenoxy) is 1. The number of methoxy groups -OCH3 is 1. The maximum Gasteiger partial charge on any atom is 0.337 e. The highest BCUT2D eigenvalue weighted by atomic mass is 16.5. The number of hydrogen-bond donors (Lipinski definition) is 2. The molecule has 2 N–H and O–H groups in total. The molecule has 6 nitrogen and oxygen atoms in total. The van der Waals surface area contributed by atoms with Crippen LogP contribution < -0.4 is 15.5 Å². The SMILES string of the molecule is COC(=O)c1ccc(CNC(=O)NCCN2c3ccccc3CCC2C)cc1. The number of esters is 1. The highest BCUT2D eigenvalue weighted by Gasteiger charge is 2.22. The fourth-order valence-electron chi connectivity index (χ4n) is 3.51. The van der Waals surface area contributed by atoms with Crippen molar-refractivity contribution in [2.24, 2.45) is 0 Å². The van der Waals surface area contributed by atoms with Gasteiger partial charge in [-0.3, -0.25) is 0 Å². The van der Waals surface area contributed by atoms with Crippen molar-refractivity contribution in [1.82, 2.24) is 10.6 Å². The first-order valence-electron chi connectivity index (χ1n) is 9.62. The summed E-state index contributed by atoms with van der Waals surface area (Å²) in [7, 11) is 1.35. The van der Waals surface area contributed by atoms with Gasteiger partial charge >= 0.3 is 12.0 Å². The molecule has 1 aliphatic rings. The molecule has 0 radical (unpaired) electrons. The van der Waals surface area contributed by atoms with Crippen molar-refractivity contribution < 1.29 is 14.3 Å². The lowest BCUT2D eigenvalue weighted by Gasteiger charge is -2.37. The summed E-state index contributed by atoms with van der Waals surface area (Å²) in [5, 5.41) is 5.77. The summed E-state index contributed by atoms with van der Waals surface area (Å²) in [4.78, 5) is 25.9. The number of benzene rings is 2. The number of urea groups is 1. The quantitative estimate of drug-likeness (QED) is 0.755. The molecule has 2 aromatic carbocycles. The highest BCUT2D eigenvalue weighted by Crippen LogP contribution is 2.29. The van der Waals surface area contributed by atoms with Crippen molar-refractivity contribution in [3.8, 4) is 0 Å². The van der Waals surface area contributed by atoms with Crippen molar-refractivity contribution in [2.75, 3.05) is 25.1 Å². The minimum atomic E-state index is -0.370. The van der Waals surface area contributed by atoms with Crippen molar-refractivity contribution in [3.63, 3.8) is 0 Å². The van der Waals surface area contributed by atoms with Crippen LogP contribution in [0.5, 0.6) is 0 Å². The first kappa shape index (κ1) is 19.7. The minimum Gasteiger partial charge on any atom is -0.465 e. The first-order valence-corrected chi connectivity index (χ1v) is 9.62. The summed E-state index contributed by atoms with van der Waals surface area (Å²) >= 11 is 0. The molecule has 28 heavy (non-hydrogen) atoms. The Morgan fingerprint density at radius 1 is 1.11 bits per heavy atom. The fraction of sp³-hybridized carbons (Fsp3) is 0.364. The van der Waals surface area contributed by atoms with Crippen LogP contribution in [-0.2, 0) is 17.7 Å². The van der Waals surface area contributed by atoms with Gasteiger partial charge in [0, 0.05) is 31.4 Å². The molecular formula is C22H27N3O3. The molecule has 2 aromatic rings. The van der Waals surface area contributed by atoms with E-state index in [-0.39, 0.29) is 12.0 Å². The third kappa shape index (κ3) is 4.82. The van der Waals surface area contributed by atoms with Crippen LogP contribution in [0.1, 0.15) is 34.8 Å². The molecule has 3 rings (SSSR count). The van der Waals surface area contributed by atoms with Gasteiger partial charge in [-0.1, -0.05) is 30.3 Å². The average molecular weight is 381 g/mol. The molecule has 1 unspecified atom stereocenters. The molecule has 148 valence electrons. The molecule has 1 heterocycles. The van der Waals surface area contributed by atoms with Crippen LogP contribution in [0, 0.1) is 0 Å². The number of amides is 2. The van der Waals surface area contributed by atoms with E-state index in [1.54, 1.807) is 24.3 Å². The summed E-state index contributed by atoms with van der Waals surface area (Å²) in [5.41, 5.74) is 4.06. The lowest BCUT2D eigenvalue weighted by atomic mass is 9.97. The van der Waals surface area contributed by atoms with Gasteiger partial charge in [0.2, 0.25) is 0 Å². The maximum atomic E-state index is 12.1. The Bertz CT molecular complexity index is 820. The number of hydrogen-bond acceptors (Lipinski definition) is 4. The lowest BCUT2D eigenvalue weighted by Crippen LogP contribution is -2.44. The normalized spacial score (nSPS) is 15.5. The van der Waals surface area contributed by atoms with E-state index in [0.29, 0.717) is 24.7 Å². The summed E-state index contributed by atoms with van der Waals surface area (Å²) in [6.45, 7) is 3.98. The topological polar surface area (TPSA) is 70.7 Å². The number of carbonyl (C=O) groups is 2. The van der Waals surface area contributed by atoms with Crippen LogP contribution in [-0.4, -0.2) is 38.2 Å². The fourth-order valence-corrected chi connectivity index (χ4v) is 3.51. The van der Waals surface area contributed by atoms with Gasteiger partial charge in [0.25, 0.3) is 0 Å². The van der Waals surface area contributed by atoms with Gasteiger partial charge in [-0.25, -0.2) is 9.59 Å². The van der Waals surface area contributed by atoms with Crippen LogP contribution in [0.25, 0.3) is 0 Å². The van der Waals surface area contributed by atoms with Gasteiger partial charge < -0.3 is 20.3 Å². The Morgan fingerprint density at radius 3 is 2.61 bits per heavy atom. The second-order valence-corrected chi connectivity index (χ2v) is 7.01. The lowest BCUT2D eigenvalue weighted by molar-refractivity contribution is 0.0600. The predicted molar refractivity (Wildman–Crippen MR) is 110 cm³/mol. The van der Waals surface area contributed by atoms with E-state index in [0.717, 1.165) is 24.9 Å². The number of nitrogens with one attached hydrogen (secondary N) is 2. The van der Waals surface area contributed by atoms with Crippen LogP contribution in [0.15, 0.2) is 48.5 Å². The largest absolute Gasteiger partial charge is 0.465 e. The van der Waals surface area contributed by atoms with Crippen LogP contribution in [0.2, 0.25) is 0 Å². The number of anilines is 1. The smallest absolute Gasteiger partial charge is 0.337 e. The zero-order chi connectivity index (χ0) is 19.9. The third-order valence-corrected chi connectivity index (χ3v) is 5.13. The molecule has 0 aliphatic carbocycles. The Balaban J connectivity index is 1.44. The molecule has 0 aromatic heterocycles. The Kier molecular flexibility index (Phi) is 6.53. The Hall–Kier alpha value is -3.02. The summed E-state index contributed by atoms with van der Waals surface area (Å²) in [6, 6.07) is 15.7. The van der Waals surface area contributed by atoms with Gasteiger partial charge in [0.1, 0.15) is 0 Å². The average Bonchev–Trinajstić information content (AvgIpc) is 2.73. The number of rotatable bonds is 6. The monoisotopic (exact) mass is 381 g/mol. The van der Waals surface area contributed by atoms with Crippen molar-refractivity contribution in [1.29, 1.82) is 0 Å². The third-order valence-electron chi connectivity index (χ3n) is 5.13. The standard InChI is InChI=1S/C22H27N3O3/c1-16-7-10-18-5-3-4-6-20(18)25(16)14-13-23-22(27)24-15-17-8-11-19(12-9-17)21(26)28-2/h3-6,8-9,11-12,16H,7,10,13-15H2,1-2H3,(H2,23,24,27). The Morgan fingerprint density at radius 2 is 1.86 bits per heavy atom. The van der Waals surface area contributed by atoms with E-state index >= 15 is 0 Å². The molecule has 0 fully saturated rings. The van der Waals surface area contributed by atoms with Crippen LogP contribution in [0.3, 0.4) is 0 Å². The van der Waals surface area contributed by atoms with Gasteiger partial charge in [0.05, 0.1) is 12.7 Å². The molecule has 6 heteroatoms. The second-order valence-electron chi connectivity index (χ2n) is 7.01. The Labute approximate surface area is 165 Å². The molecule has 0 saturated carbocycles. The highest BCUT2D eigenvalue weighted by molar-refractivity contribution is 5.89. The maximum absolute atomic E-state index is 12.1. The number of para-hydroxylation sites is 1. The number of nitrogens with zero attached hydrogens (tertiary/aromatic N) is 1. The van der Waals surface area contributed by atoms with E-state index < -0.39 is 0 Å². The number of aryl methyl sites for hydroxylation is 1. The molecule has 0 spiro atoms. The van der Waals surface area contributed by atoms with E-state index in [1.165, 1.54) is 18.4 Å². The van der Waals surface area contributed by atoms with Gasteiger partial charge in [0.15, 0.2) is 0 Å². The van der Waals surface area contributed by atoms with Crippen molar-refractivity contribution in [2.45, 2.75) is 32.4 Å². The summed E-state index contributed by atoms with van der Waals surface area (Å²) in [5.74, 6) is -0.370. The van der Waals surface area contributed by atoms with E-state index in [1.807, 2.05) is 0 Å². The molecule has 2 amide bonds. The minimum absolute atomic E-state index is 0.199. The van der Waals surface area contributed by atoms with Gasteiger partial charge in [-0.05, 0) is 49.1 Å². The molecule has 1 atom stereocenters. The zero-order valence-corrected chi connectivity index (χ0v) is 16.4. The summed E-state index contributed by atoms with van der Waals surface area (Å²) < 4.78 is 4.68. The second kappa shape index (κ2) is 9.26. The number of fused-ring (bicyclic) bond motifs is 1. The molecule has 0 bridgehead atoms. The van der Waals surface area contributed by atoms with Crippen molar-refractivity contribution >= 4 is 17.7 Å². The number of carbonyl (C=O) groups excluding carboxylic acids is 2. The van der Waals surface area contributed by atoms with Gasteiger partial charge in [-0.2, -0.15) is 0 Å². The van der Waals surface area contributed by atoms with Gasteiger partial charge in [-0.15, -0.1) is 0 Å². The first-order chi connectivity index (χ1) is 13.6. The van der Waals surface area contributed by atoms with Crippen LogP contribution >= 0.6 is 0 Å². The van der Waals surface area contributed by atoms with Crippen molar-refractivity contribution in [3.05, 3.63) is 65.2 Å². The van der Waals surface area contributed by atoms with Crippen LogP contribution in [0.4, 0.5) is 10.5 Å². The van der Waals surface area contributed by atoms with E-state index in [2.05, 4.69) is 51.5 Å². The van der Waals surface area contributed by atoms with E-state index in [4.69, 9.17) is 0 Å².